The molecule has 13 heteroatoms. The van der Waals surface area contributed by atoms with Gasteiger partial charge in [-0.25, -0.2) is 23.1 Å². The third kappa shape index (κ3) is 6.46. The number of fused-ring (bicyclic) bond motifs is 1. The molecule has 0 radical (unpaired) electrons. The van der Waals surface area contributed by atoms with Gasteiger partial charge in [0.2, 0.25) is 0 Å². The Morgan fingerprint density at radius 1 is 1.07 bits per heavy atom. The van der Waals surface area contributed by atoms with Gasteiger partial charge in [0.1, 0.15) is 33.9 Å². The Bertz CT molecular complexity index is 1770. The SMILES string of the molecule is N#Cc1cc(S(=O)(=O)NC(=O)c2ccccc2Oc2cnc3[nH]ccc3c2)cnc1NC1CCC(N2CCOCC2)CC1. The van der Waals surface area contributed by atoms with Gasteiger partial charge >= 0.3 is 0 Å². The van der Waals surface area contributed by atoms with Crippen LogP contribution >= 0.6 is 0 Å². The van der Waals surface area contributed by atoms with Gasteiger partial charge in [0.25, 0.3) is 15.9 Å². The number of morpholine rings is 1. The summed E-state index contributed by atoms with van der Waals surface area (Å²) in [5, 5.41) is 13.9. The van der Waals surface area contributed by atoms with E-state index in [9.17, 15) is 18.5 Å². The van der Waals surface area contributed by atoms with Crippen molar-refractivity contribution in [3.05, 3.63) is 72.2 Å². The minimum absolute atomic E-state index is 0.0136. The zero-order valence-corrected chi connectivity index (χ0v) is 24.1. The van der Waals surface area contributed by atoms with Crippen LogP contribution in [0.25, 0.3) is 11.0 Å². The number of pyridine rings is 2. The number of anilines is 1. The van der Waals surface area contributed by atoms with E-state index < -0.39 is 15.9 Å². The van der Waals surface area contributed by atoms with Crippen LogP contribution in [0.15, 0.2) is 66.0 Å². The van der Waals surface area contributed by atoms with Crippen LogP contribution in [0, 0.1) is 11.3 Å². The highest BCUT2D eigenvalue weighted by molar-refractivity contribution is 7.90. The lowest BCUT2D eigenvalue weighted by molar-refractivity contribution is 0.00790. The molecule has 3 aromatic heterocycles. The number of para-hydroxylation sites is 1. The number of H-pyrrole nitrogens is 1. The number of benzene rings is 1. The second-order valence-corrected chi connectivity index (χ2v) is 12.3. The molecule has 0 atom stereocenters. The molecule has 3 N–H and O–H groups in total. The Balaban J connectivity index is 1.12. The Morgan fingerprint density at radius 2 is 1.86 bits per heavy atom. The van der Waals surface area contributed by atoms with E-state index >= 15 is 0 Å². The number of nitrogens with one attached hydrogen (secondary N) is 3. The maximum absolute atomic E-state index is 13.2. The molecule has 0 spiro atoms. The number of hydrogen-bond donors (Lipinski definition) is 3. The highest BCUT2D eigenvalue weighted by Crippen LogP contribution is 2.29. The van der Waals surface area contributed by atoms with E-state index in [-0.39, 0.29) is 27.8 Å². The lowest BCUT2D eigenvalue weighted by Gasteiger charge is -2.39. The molecule has 4 heterocycles. The minimum Gasteiger partial charge on any atom is -0.455 e. The van der Waals surface area contributed by atoms with E-state index in [0.29, 0.717) is 23.3 Å². The van der Waals surface area contributed by atoms with E-state index in [2.05, 4.69) is 29.9 Å². The monoisotopic (exact) mass is 601 g/mol. The topological polar surface area (TPSA) is 162 Å². The third-order valence-electron chi connectivity index (χ3n) is 7.85. The van der Waals surface area contributed by atoms with E-state index in [1.165, 1.54) is 18.3 Å². The van der Waals surface area contributed by atoms with Crippen molar-refractivity contribution in [3.63, 3.8) is 0 Å². The van der Waals surface area contributed by atoms with Gasteiger partial charge in [0, 0.05) is 43.0 Å². The second-order valence-electron chi connectivity index (χ2n) is 10.6. The Hall–Kier alpha value is -4.51. The fraction of sp³-hybridized carbons (Fsp3) is 0.333. The van der Waals surface area contributed by atoms with Gasteiger partial charge in [-0.15, -0.1) is 0 Å². The molecule has 1 saturated heterocycles. The fourth-order valence-electron chi connectivity index (χ4n) is 5.60. The molecule has 1 aromatic carbocycles. The lowest BCUT2D eigenvalue weighted by atomic mass is 9.90. The molecule has 1 saturated carbocycles. The zero-order chi connectivity index (χ0) is 29.8. The molecular weight excluding hydrogens is 570 g/mol. The average molecular weight is 602 g/mol. The zero-order valence-electron chi connectivity index (χ0n) is 23.3. The van der Waals surface area contributed by atoms with Crippen molar-refractivity contribution < 1.29 is 22.7 Å². The van der Waals surface area contributed by atoms with Crippen LogP contribution in [0.2, 0.25) is 0 Å². The molecule has 6 rings (SSSR count). The van der Waals surface area contributed by atoms with Crippen molar-refractivity contribution >= 4 is 32.8 Å². The highest BCUT2D eigenvalue weighted by atomic mass is 32.2. The van der Waals surface area contributed by atoms with Crippen LogP contribution in [-0.2, 0) is 14.8 Å². The number of sulfonamides is 1. The summed E-state index contributed by atoms with van der Waals surface area (Å²) in [6.07, 6.45) is 8.30. The average Bonchev–Trinajstić information content (AvgIpc) is 3.50. The maximum Gasteiger partial charge on any atom is 0.268 e. The van der Waals surface area contributed by atoms with Crippen LogP contribution < -0.4 is 14.8 Å². The first kappa shape index (κ1) is 28.6. The number of rotatable bonds is 8. The summed E-state index contributed by atoms with van der Waals surface area (Å²) < 4.78 is 39.8. The summed E-state index contributed by atoms with van der Waals surface area (Å²) in [5.74, 6) is -0.0142. The molecule has 0 bridgehead atoms. The molecule has 1 aliphatic heterocycles. The van der Waals surface area contributed by atoms with E-state index in [1.54, 1.807) is 30.5 Å². The molecule has 4 aromatic rings. The molecule has 1 aliphatic carbocycles. The molecule has 2 fully saturated rings. The van der Waals surface area contributed by atoms with Crippen LogP contribution in [0.3, 0.4) is 0 Å². The lowest BCUT2D eigenvalue weighted by Crippen LogP contribution is -2.46. The Morgan fingerprint density at radius 3 is 2.65 bits per heavy atom. The predicted molar refractivity (Wildman–Crippen MR) is 158 cm³/mol. The van der Waals surface area contributed by atoms with Gasteiger partial charge in [-0.2, -0.15) is 5.26 Å². The fourth-order valence-corrected chi connectivity index (χ4v) is 6.53. The molecular formula is C30H31N7O5S. The molecule has 12 nitrogen and oxygen atoms in total. The van der Waals surface area contributed by atoms with Crippen molar-refractivity contribution in [2.24, 2.45) is 0 Å². The number of nitrogens with zero attached hydrogens (tertiary/aromatic N) is 4. The van der Waals surface area contributed by atoms with E-state index in [1.807, 2.05) is 12.1 Å². The summed E-state index contributed by atoms with van der Waals surface area (Å²) in [7, 11) is -4.35. The molecule has 1 amide bonds. The van der Waals surface area contributed by atoms with Crippen molar-refractivity contribution in [2.75, 3.05) is 31.6 Å². The van der Waals surface area contributed by atoms with Crippen molar-refractivity contribution in [1.29, 1.82) is 5.26 Å². The molecule has 2 aliphatic rings. The molecule has 43 heavy (non-hydrogen) atoms. The normalized spacial score (nSPS) is 19.4. The minimum atomic E-state index is -4.35. The van der Waals surface area contributed by atoms with Crippen molar-refractivity contribution in [3.8, 4) is 17.6 Å². The van der Waals surface area contributed by atoms with Gasteiger partial charge in [0.15, 0.2) is 0 Å². The Labute approximate surface area is 249 Å². The first-order chi connectivity index (χ1) is 20.9. The summed E-state index contributed by atoms with van der Waals surface area (Å²) in [6.45, 7) is 3.45. The van der Waals surface area contributed by atoms with Gasteiger partial charge in [-0.05, 0) is 56.0 Å². The number of hydrogen-bond acceptors (Lipinski definition) is 10. The summed E-state index contributed by atoms with van der Waals surface area (Å²) in [5.41, 5.74) is 0.786. The largest absolute Gasteiger partial charge is 0.455 e. The van der Waals surface area contributed by atoms with Crippen LogP contribution in [-0.4, -0.2) is 72.6 Å². The first-order valence-electron chi connectivity index (χ1n) is 14.2. The smallest absolute Gasteiger partial charge is 0.268 e. The van der Waals surface area contributed by atoms with Crippen molar-refractivity contribution in [1.82, 2.24) is 24.6 Å². The predicted octanol–water partition coefficient (Wildman–Crippen LogP) is 3.80. The van der Waals surface area contributed by atoms with Gasteiger partial charge in [0.05, 0.1) is 30.5 Å². The number of carbonyl (C=O) groups is 1. The highest BCUT2D eigenvalue weighted by Gasteiger charge is 2.28. The van der Waals surface area contributed by atoms with E-state index in [0.717, 1.165) is 63.6 Å². The number of amides is 1. The number of nitriles is 1. The van der Waals surface area contributed by atoms with Gasteiger partial charge in [-0.1, -0.05) is 12.1 Å². The van der Waals surface area contributed by atoms with Crippen molar-refractivity contribution in [2.45, 2.75) is 42.7 Å². The first-order valence-corrected chi connectivity index (χ1v) is 15.6. The number of ether oxygens (including phenoxy) is 2. The molecule has 222 valence electrons. The van der Waals surface area contributed by atoms with Crippen LogP contribution in [0.5, 0.6) is 11.5 Å². The Kier molecular flexibility index (Phi) is 8.24. The van der Waals surface area contributed by atoms with Crippen LogP contribution in [0.4, 0.5) is 5.82 Å². The maximum atomic E-state index is 13.2. The number of aromatic amines is 1. The van der Waals surface area contributed by atoms with E-state index in [4.69, 9.17) is 9.47 Å². The van der Waals surface area contributed by atoms with Gasteiger partial charge in [-0.3, -0.25) is 9.69 Å². The molecule has 0 unspecified atom stereocenters. The summed E-state index contributed by atoms with van der Waals surface area (Å²) in [4.78, 5) is 26.9. The summed E-state index contributed by atoms with van der Waals surface area (Å²) >= 11 is 0. The standard InChI is InChI=1S/C30H31N7O5S/c31-17-21-16-25(19-34-29(21)35-22-5-7-23(8-6-22)37-11-13-41-14-12-37)43(39,40)36-30(38)26-3-1-2-4-27(26)42-24-15-20-9-10-32-28(20)33-18-24/h1-4,9-10,15-16,18-19,22-23H,5-8,11-14H2,(H,32,33)(H,34,35)(H,36,38). The second kappa shape index (κ2) is 12.4. The third-order valence-corrected chi connectivity index (χ3v) is 9.15. The number of aromatic nitrogens is 3. The quantitative estimate of drug-likeness (QED) is 0.271. The van der Waals surface area contributed by atoms with Crippen LogP contribution in [0.1, 0.15) is 41.6 Å². The number of carbonyl (C=O) groups excluding carboxylic acids is 1. The van der Waals surface area contributed by atoms with Gasteiger partial charge < -0.3 is 19.8 Å². The summed E-state index contributed by atoms with van der Waals surface area (Å²) in [6, 6.07) is 13.8.